The second-order valence-electron chi connectivity index (χ2n) is 4.53. The number of carbonyl (C=O) groups excluding carboxylic acids is 1. The fourth-order valence-electron chi connectivity index (χ4n) is 2.02. The third-order valence-corrected chi connectivity index (χ3v) is 3.02. The molecule has 1 aliphatic heterocycles. The summed E-state index contributed by atoms with van der Waals surface area (Å²) < 4.78 is 11.0. The van der Waals surface area contributed by atoms with Gasteiger partial charge in [-0.2, -0.15) is 4.98 Å². The highest BCUT2D eigenvalue weighted by atomic mass is 16.6. The molecule has 2 aromatic rings. The number of hydrogen-bond acceptors (Lipinski definition) is 6. The Hall–Kier alpha value is -2.77. The smallest absolute Gasteiger partial charge is 0.288 e. The summed E-state index contributed by atoms with van der Waals surface area (Å²) in [6, 6.07) is 5.75. The second-order valence-corrected chi connectivity index (χ2v) is 4.53. The van der Waals surface area contributed by atoms with E-state index in [4.69, 9.17) is 15.2 Å². The van der Waals surface area contributed by atoms with Crippen molar-refractivity contribution in [2.24, 2.45) is 0 Å². The van der Waals surface area contributed by atoms with Crippen molar-refractivity contribution in [3.8, 4) is 11.5 Å². The van der Waals surface area contributed by atoms with Crippen LogP contribution in [0.25, 0.3) is 0 Å². The SMILES string of the molecule is Nc1n[nH]c(C(=O)NCCc2ccc3c(c2)OCCO3)n1. The Morgan fingerprint density at radius 2 is 2.14 bits per heavy atom. The van der Waals surface area contributed by atoms with Crippen LogP contribution in [0, 0.1) is 0 Å². The largest absolute Gasteiger partial charge is 0.486 e. The van der Waals surface area contributed by atoms with Crippen molar-refractivity contribution in [3.05, 3.63) is 29.6 Å². The molecular weight excluding hydrogens is 274 g/mol. The molecule has 0 bridgehead atoms. The minimum atomic E-state index is -0.336. The highest BCUT2D eigenvalue weighted by Gasteiger charge is 2.12. The van der Waals surface area contributed by atoms with Crippen LogP contribution in [0.3, 0.4) is 0 Å². The Balaban J connectivity index is 1.54. The summed E-state index contributed by atoms with van der Waals surface area (Å²) in [5, 5.41) is 8.80. The summed E-state index contributed by atoms with van der Waals surface area (Å²) in [6.07, 6.45) is 0.673. The van der Waals surface area contributed by atoms with Gasteiger partial charge in [0.05, 0.1) is 0 Å². The number of anilines is 1. The van der Waals surface area contributed by atoms with Crippen molar-refractivity contribution in [2.75, 3.05) is 25.5 Å². The zero-order valence-electron chi connectivity index (χ0n) is 11.3. The van der Waals surface area contributed by atoms with Crippen LogP contribution >= 0.6 is 0 Å². The fraction of sp³-hybridized carbons (Fsp3) is 0.308. The second kappa shape index (κ2) is 5.70. The number of nitrogens with one attached hydrogen (secondary N) is 2. The van der Waals surface area contributed by atoms with Gasteiger partial charge < -0.3 is 20.5 Å². The molecule has 21 heavy (non-hydrogen) atoms. The standard InChI is InChI=1S/C13H15N5O3/c14-13-16-11(17-18-13)12(19)15-4-3-8-1-2-9-10(7-8)21-6-5-20-9/h1-2,7H,3-6H2,(H,15,19)(H3,14,16,17,18). The Kier molecular flexibility index (Phi) is 3.59. The monoisotopic (exact) mass is 289 g/mol. The first-order valence-electron chi connectivity index (χ1n) is 6.57. The minimum Gasteiger partial charge on any atom is -0.486 e. The predicted molar refractivity (Wildman–Crippen MR) is 74.3 cm³/mol. The molecule has 2 heterocycles. The molecule has 0 atom stereocenters. The molecule has 8 nitrogen and oxygen atoms in total. The van der Waals surface area contributed by atoms with Crippen molar-refractivity contribution in [1.82, 2.24) is 20.5 Å². The zero-order valence-corrected chi connectivity index (χ0v) is 11.3. The molecule has 3 rings (SSSR count). The maximum absolute atomic E-state index is 11.7. The van der Waals surface area contributed by atoms with Crippen LogP contribution < -0.4 is 20.5 Å². The van der Waals surface area contributed by atoms with E-state index in [1.165, 1.54) is 0 Å². The van der Waals surface area contributed by atoms with E-state index in [1.54, 1.807) is 0 Å². The van der Waals surface area contributed by atoms with Gasteiger partial charge in [0.1, 0.15) is 13.2 Å². The third kappa shape index (κ3) is 3.04. The lowest BCUT2D eigenvalue weighted by molar-refractivity contribution is 0.0944. The predicted octanol–water partition coefficient (Wildman–Crippen LogP) is 0.131. The van der Waals surface area contributed by atoms with E-state index in [2.05, 4.69) is 20.5 Å². The van der Waals surface area contributed by atoms with E-state index in [1.807, 2.05) is 18.2 Å². The molecular formula is C13H15N5O3. The quantitative estimate of drug-likeness (QED) is 0.737. The van der Waals surface area contributed by atoms with Crippen LogP contribution in [0.4, 0.5) is 5.95 Å². The summed E-state index contributed by atoms with van der Waals surface area (Å²) in [6.45, 7) is 1.60. The number of aromatic amines is 1. The van der Waals surface area contributed by atoms with Crippen LogP contribution in [0.15, 0.2) is 18.2 Å². The normalized spacial score (nSPS) is 13.0. The summed E-state index contributed by atoms with van der Waals surface area (Å²) in [5.74, 6) is 1.32. The van der Waals surface area contributed by atoms with Gasteiger partial charge in [-0.05, 0) is 24.1 Å². The average Bonchev–Trinajstić information content (AvgIpc) is 2.94. The molecule has 4 N–H and O–H groups in total. The highest BCUT2D eigenvalue weighted by molar-refractivity contribution is 5.90. The lowest BCUT2D eigenvalue weighted by Crippen LogP contribution is -2.26. The van der Waals surface area contributed by atoms with E-state index in [-0.39, 0.29) is 17.7 Å². The summed E-state index contributed by atoms with van der Waals surface area (Å²) in [5.41, 5.74) is 6.39. The molecule has 1 amide bonds. The van der Waals surface area contributed by atoms with E-state index >= 15 is 0 Å². The number of H-pyrrole nitrogens is 1. The number of amides is 1. The van der Waals surface area contributed by atoms with Gasteiger partial charge in [-0.15, -0.1) is 5.10 Å². The number of benzene rings is 1. The van der Waals surface area contributed by atoms with Crippen molar-refractivity contribution in [2.45, 2.75) is 6.42 Å². The number of hydrogen-bond donors (Lipinski definition) is 3. The molecule has 0 spiro atoms. The topological polar surface area (TPSA) is 115 Å². The number of nitrogens with two attached hydrogens (primary N) is 1. The van der Waals surface area contributed by atoms with E-state index in [0.717, 1.165) is 17.1 Å². The van der Waals surface area contributed by atoms with Crippen LogP contribution in [0.5, 0.6) is 11.5 Å². The van der Waals surface area contributed by atoms with Gasteiger partial charge in [0.2, 0.25) is 11.8 Å². The van der Waals surface area contributed by atoms with Crippen molar-refractivity contribution < 1.29 is 14.3 Å². The first-order chi connectivity index (χ1) is 10.2. The molecule has 110 valence electrons. The summed E-state index contributed by atoms with van der Waals surface area (Å²) in [7, 11) is 0. The average molecular weight is 289 g/mol. The number of fused-ring (bicyclic) bond motifs is 1. The number of nitrogens with zero attached hydrogens (tertiary/aromatic N) is 2. The van der Waals surface area contributed by atoms with Gasteiger partial charge in [0.25, 0.3) is 5.91 Å². The molecule has 0 radical (unpaired) electrons. The van der Waals surface area contributed by atoms with Gasteiger partial charge in [0.15, 0.2) is 11.5 Å². The number of aromatic nitrogens is 3. The van der Waals surface area contributed by atoms with Gasteiger partial charge in [-0.3, -0.25) is 9.89 Å². The molecule has 0 aliphatic carbocycles. The first kappa shape index (κ1) is 13.2. The Morgan fingerprint density at radius 1 is 1.33 bits per heavy atom. The molecule has 8 heteroatoms. The van der Waals surface area contributed by atoms with Crippen molar-refractivity contribution in [1.29, 1.82) is 0 Å². The zero-order chi connectivity index (χ0) is 14.7. The van der Waals surface area contributed by atoms with Crippen LogP contribution in [-0.2, 0) is 6.42 Å². The Labute approximate surface area is 120 Å². The van der Waals surface area contributed by atoms with Crippen molar-refractivity contribution >= 4 is 11.9 Å². The Bertz CT molecular complexity index is 655. The van der Waals surface area contributed by atoms with E-state index < -0.39 is 0 Å². The minimum absolute atomic E-state index is 0.0481. The summed E-state index contributed by atoms with van der Waals surface area (Å²) >= 11 is 0. The van der Waals surface area contributed by atoms with Crippen LogP contribution in [-0.4, -0.2) is 40.8 Å². The molecule has 1 aromatic carbocycles. The van der Waals surface area contributed by atoms with Gasteiger partial charge in [0, 0.05) is 6.54 Å². The number of rotatable bonds is 4. The fourth-order valence-corrected chi connectivity index (χ4v) is 2.02. The number of nitrogen functional groups attached to an aromatic ring is 1. The maximum Gasteiger partial charge on any atom is 0.288 e. The Morgan fingerprint density at radius 3 is 2.90 bits per heavy atom. The number of ether oxygens (including phenoxy) is 2. The summed E-state index contributed by atoms with van der Waals surface area (Å²) in [4.78, 5) is 15.5. The van der Waals surface area contributed by atoms with Gasteiger partial charge >= 0.3 is 0 Å². The molecule has 0 saturated carbocycles. The molecule has 0 unspecified atom stereocenters. The lowest BCUT2D eigenvalue weighted by atomic mass is 10.1. The molecule has 0 saturated heterocycles. The third-order valence-electron chi connectivity index (χ3n) is 3.02. The van der Waals surface area contributed by atoms with Crippen molar-refractivity contribution in [3.63, 3.8) is 0 Å². The maximum atomic E-state index is 11.7. The number of carbonyl (C=O) groups is 1. The van der Waals surface area contributed by atoms with E-state index in [9.17, 15) is 4.79 Å². The van der Waals surface area contributed by atoms with E-state index in [0.29, 0.717) is 26.2 Å². The van der Waals surface area contributed by atoms with Gasteiger partial charge in [-0.1, -0.05) is 6.07 Å². The van der Waals surface area contributed by atoms with Gasteiger partial charge in [-0.25, -0.2) is 0 Å². The first-order valence-corrected chi connectivity index (χ1v) is 6.57. The molecule has 1 aliphatic rings. The molecule has 0 fully saturated rings. The van der Waals surface area contributed by atoms with Crippen LogP contribution in [0.1, 0.15) is 16.2 Å². The highest BCUT2D eigenvalue weighted by Crippen LogP contribution is 2.30. The molecule has 1 aromatic heterocycles. The lowest BCUT2D eigenvalue weighted by Gasteiger charge is -2.18. The van der Waals surface area contributed by atoms with Crippen LogP contribution in [0.2, 0.25) is 0 Å².